The van der Waals surface area contributed by atoms with Crippen LogP contribution in [0.5, 0.6) is 0 Å². The summed E-state index contributed by atoms with van der Waals surface area (Å²) in [5.41, 5.74) is 6.07. The minimum atomic E-state index is -0.635. The summed E-state index contributed by atoms with van der Waals surface area (Å²) in [6.45, 7) is 4.45. The van der Waals surface area contributed by atoms with Crippen LogP contribution in [-0.4, -0.2) is 17.1 Å². The highest BCUT2D eigenvalue weighted by molar-refractivity contribution is 5.72. The molecule has 15 heavy (non-hydrogen) atoms. The van der Waals surface area contributed by atoms with Gasteiger partial charge in [0.1, 0.15) is 0 Å². The highest BCUT2D eigenvalue weighted by Gasteiger charge is 2.56. The summed E-state index contributed by atoms with van der Waals surface area (Å²) >= 11 is 0. The molecule has 2 fully saturated rings. The molecular formula is C12H21NO2. The highest BCUT2D eigenvalue weighted by Crippen LogP contribution is 2.57. The molecule has 3 N–H and O–H groups in total. The zero-order valence-corrected chi connectivity index (χ0v) is 9.57. The van der Waals surface area contributed by atoms with Crippen LogP contribution in [0.4, 0.5) is 0 Å². The molecule has 0 aliphatic heterocycles. The smallest absolute Gasteiger partial charge is 0.307 e. The Morgan fingerprint density at radius 2 is 1.80 bits per heavy atom. The minimum absolute atomic E-state index is 0.0926. The molecule has 3 nitrogen and oxygen atoms in total. The topological polar surface area (TPSA) is 63.3 Å². The summed E-state index contributed by atoms with van der Waals surface area (Å²) in [5.74, 6) is 0.413. The van der Waals surface area contributed by atoms with Crippen molar-refractivity contribution in [3.05, 3.63) is 0 Å². The molecule has 0 saturated heterocycles. The van der Waals surface area contributed by atoms with Crippen molar-refractivity contribution in [1.82, 2.24) is 0 Å². The fraction of sp³-hybridized carbons (Fsp3) is 0.917. The van der Waals surface area contributed by atoms with Crippen LogP contribution in [0.15, 0.2) is 0 Å². The van der Waals surface area contributed by atoms with Crippen LogP contribution in [0.2, 0.25) is 0 Å². The molecule has 2 saturated carbocycles. The molecule has 0 radical (unpaired) electrons. The van der Waals surface area contributed by atoms with E-state index in [-0.39, 0.29) is 17.4 Å². The van der Waals surface area contributed by atoms with Gasteiger partial charge in [0.2, 0.25) is 0 Å². The van der Waals surface area contributed by atoms with Crippen molar-refractivity contribution in [3.8, 4) is 0 Å². The molecular weight excluding hydrogens is 190 g/mol. The Labute approximate surface area is 91.0 Å². The lowest BCUT2D eigenvalue weighted by Gasteiger charge is -2.33. The molecule has 0 amide bonds. The molecule has 2 aliphatic rings. The third-order valence-electron chi connectivity index (χ3n) is 4.87. The fourth-order valence-corrected chi connectivity index (χ4v) is 3.82. The van der Waals surface area contributed by atoms with E-state index in [1.165, 1.54) is 0 Å². The summed E-state index contributed by atoms with van der Waals surface area (Å²) in [6.07, 6.45) is 3.67. The second kappa shape index (κ2) is 3.48. The number of rotatable bonds is 1. The average Bonchev–Trinajstić information content (AvgIpc) is 2.58. The van der Waals surface area contributed by atoms with Gasteiger partial charge >= 0.3 is 5.97 Å². The molecule has 2 aliphatic carbocycles. The third-order valence-corrected chi connectivity index (χ3v) is 4.87. The number of carboxylic acid groups (broad SMARTS) is 1. The normalized spacial score (nSPS) is 50.1. The van der Waals surface area contributed by atoms with Crippen molar-refractivity contribution in [2.24, 2.45) is 28.9 Å². The second-order valence-electron chi connectivity index (χ2n) is 5.67. The molecule has 0 bridgehead atoms. The van der Waals surface area contributed by atoms with Gasteiger partial charge in [0.25, 0.3) is 0 Å². The van der Waals surface area contributed by atoms with Crippen molar-refractivity contribution in [3.63, 3.8) is 0 Å². The monoisotopic (exact) mass is 211 g/mol. The number of aliphatic carboxylic acids is 1. The number of hydrogen-bond donors (Lipinski definition) is 2. The molecule has 3 heteroatoms. The molecule has 0 heterocycles. The maximum Gasteiger partial charge on any atom is 0.307 e. The van der Waals surface area contributed by atoms with E-state index in [0.29, 0.717) is 11.8 Å². The first-order valence-electron chi connectivity index (χ1n) is 5.96. The van der Waals surface area contributed by atoms with Crippen LogP contribution >= 0.6 is 0 Å². The Morgan fingerprint density at radius 1 is 1.27 bits per heavy atom. The molecule has 0 aromatic heterocycles. The van der Waals surface area contributed by atoms with E-state index < -0.39 is 5.97 Å². The Bertz CT molecular complexity index is 267. The third kappa shape index (κ3) is 1.48. The largest absolute Gasteiger partial charge is 0.481 e. The Morgan fingerprint density at radius 3 is 2.27 bits per heavy atom. The quantitative estimate of drug-likeness (QED) is 0.696. The lowest BCUT2D eigenvalue weighted by molar-refractivity contribution is -0.145. The SMILES string of the molecule is CC1CC2(CC1C)C(N)CCC2C(=O)O. The van der Waals surface area contributed by atoms with Crippen LogP contribution in [0.25, 0.3) is 0 Å². The Balaban J connectivity index is 2.27. The number of hydrogen-bond acceptors (Lipinski definition) is 2. The predicted octanol–water partition coefficient (Wildman–Crippen LogP) is 1.86. The van der Waals surface area contributed by atoms with Crippen LogP contribution in [0.1, 0.15) is 39.5 Å². The molecule has 1 spiro atoms. The van der Waals surface area contributed by atoms with Gasteiger partial charge in [0, 0.05) is 6.04 Å². The number of nitrogens with two attached hydrogens (primary N) is 1. The van der Waals surface area contributed by atoms with E-state index in [4.69, 9.17) is 5.73 Å². The molecule has 2 rings (SSSR count). The average molecular weight is 211 g/mol. The van der Waals surface area contributed by atoms with E-state index in [9.17, 15) is 9.90 Å². The van der Waals surface area contributed by atoms with Crippen LogP contribution in [-0.2, 0) is 4.79 Å². The van der Waals surface area contributed by atoms with Gasteiger partial charge in [-0.25, -0.2) is 0 Å². The Kier molecular flexibility index (Phi) is 2.53. The summed E-state index contributed by atoms with van der Waals surface area (Å²) < 4.78 is 0. The molecule has 4 unspecified atom stereocenters. The van der Waals surface area contributed by atoms with Gasteiger partial charge in [-0.15, -0.1) is 0 Å². The molecule has 0 aromatic rings. The summed E-state index contributed by atoms with van der Waals surface area (Å²) in [4.78, 5) is 11.3. The highest BCUT2D eigenvalue weighted by atomic mass is 16.4. The van der Waals surface area contributed by atoms with Crippen molar-refractivity contribution in [2.45, 2.75) is 45.6 Å². The standard InChI is InChI=1S/C12H21NO2/c1-7-5-12(6-8(7)2)9(11(14)15)3-4-10(12)13/h7-10H,3-6,13H2,1-2H3,(H,14,15). The molecule has 4 atom stereocenters. The summed E-state index contributed by atoms with van der Waals surface area (Å²) in [5, 5.41) is 9.27. The molecule has 86 valence electrons. The first kappa shape index (κ1) is 10.9. The maximum absolute atomic E-state index is 11.3. The van der Waals surface area contributed by atoms with Crippen LogP contribution in [0.3, 0.4) is 0 Å². The van der Waals surface area contributed by atoms with Gasteiger partial charge in [-0.05, 0) is 42.9 Å². The van der Waals surface area contributed by atoms with E-state index in [0.717, 1.165) is 25.7 Å². The first-order chi connectivity index (χ1) is 6.97. The van der Waals surface area contributed by atoms with E-state index >= 15 is 0 Å². The van der Waals surface area contributed by atoms with Crippen molar-refractivity contribution in [1.29, 1.82) is 0 Å². The van der Waals surface area contributed by atoms with Crippen molar-refractivity contribution in [2.75, 3.05) is 0 Å². The first-order valence-corrected chi connectivity index (χ1v) is 5.96. The van der Waals surface area contributed by atoms with Crippen molar-refractivity contribution < 1.29 is 9.90 Å². The zero-order valence-electron chi connectivity index (χ0n) is 9.57. The van der Waals surface area contributed by atoms with E-state index in [1.54, 1.807) is 0 Å². The lowest BCUT2D eigenvalue weighted by atomic mass is 9.73. The number of carbonyl (C=O) groups is 1. The predicted molar refractivity (Wildman–Crippen MR) is 58.3 cm³/mol. The van der Waals surface area contributed by atoms with Gasteiger partial charge in [0.05, 0.1) is 5.92 Å². The van der Waals surface area contributed by atoms with Gasteiger partial charge < -0.3 is 10.8 Å². The minimum Gasteiger partial charge on any atom is -0.481 e. The maximum atomic E-state index is 11.3. The summed E-state index contributed by atoms with van der Waals surface area (Å²) in [6, 6.07) is 0.103. The van der Waals surface area contributed by atoms with Gasteiger partial charge in [-0.3, -0.25) is 4.79 Å². The van der Waals surface area contributed by atoms with Gasteiger partial charge in [0.15, 0.2) is 0 Å². The lowest BCUT2D eigenvalue weighted by Crippen LogP contribution is -2.42. The fourth-order valence-electron chi connectivity index (χ4n) is 3.82. The van der Waals surface area contributed by atoms with Gasteiger partial charge in [-0.2, -0.15) is 0 Å². The Hall–Kier alpha value is -0.570. The summed E-state index contributed by atoms with van der Waals surface area (Å²) in [7, 11) is 0. The van der Waals surface area contributed by atoms with Crippen LogP contribution < -0.4 is 5.73 Å². The zero-order chi connectivity index (χ0) is 11.2. The van der Waals surface area contributed by atoms with Gasteiger partial charge in [-0.1, -0.05) is 13.8 Å². The van der Waals surface area contributed by atoms with E-state index in [1.807, 2.05) is 0 Å². The number of carboxylic acids is 1. The molecule has 0 aromatic carbocycles. The van der Waals surface area contributed by atoms with E-state index in [2.05, 4.69) is 13.8 Å². The second-order valence-corrected chi connectivity index (χ2v) is 5.67. The van der Waals surface area contributed by atoms with Crippen LogP contribution in [0, 0.1) is 23.2 Å². The van der Waals surface area contributed by atoms with Crippen molar-refractivity contribution >= 4 is 5.97 Å².